The minimum atomic E-state index is 0.00647. The van der Waals surface area contributed by atoms with E-state index in [9.17, 15) is 9.90 Å². The maximum absolute atomic E-state index is 12.4. The fraction of sp³-hybridized carbons (Fsp3) is 0.318. The summed E-state index contributed by atoms with van der Waals surface area (Å²) in [5.41, 5.74) is 2.43. The fourth-order valence-electron chi connectivity index (χ4n) is 5.39. The van der Waals surface area contributed by atoms with Crippen LogP contribution in [0, 0.1) is 5.92 Å². The first kappa shape index (κ1) is 17.9. The van der Waals surface area contributed by atoms with Crippen molar-refractivity contribution in [3.8, 4) is 5.88 Å². The van der Waals surface area contributed by atoms with Gasteiger partial charge in [0.25, 0.3) is 5.56 Å². The van der Waals surface area contributed by atoms with E-state index in [1.807, 2.05) is 16.7 Å². The van der Waals surface area contributed by atoms with Gasteiger partial charge in [-0.15, -0.1) is 0 Å². The minimum absolute atomic E-state index is 0.00647. The smallest absolute Gasteiger partial charge is 0.250 e. The molecule has 2 N–H and O–H groups in total. The number of hydrogen-bond acceptors (Lipinski definition) is 5. The van der Waals surface area contributed by atoms with E-state index in [2.05, 4.69) is 40.4 Å². The molecule has 1 saturated heterocycles. The van der Waals surface area contributed by atoms with Crippen molar-refractivity contribution in [3.05, 3.63) is 81.3 Å². The minimum Gasteiger partial charge on any atom is -0.492 e. The van der Waals surface area contributed by atoms with Crippen LogP contribution in [0.4, 0.5) is 0 Å². The molecule has 30 heavy (non-hydrogen) atoms. The first-order chi connectivity index (χ1) is 14.7. The van der Waals surface area contributed by atoms with Gasteiger partial charge in [-0.1, -0.05) is 47.7 Å². The van der Waals surface area contributed by atoms with Crippen molar-refractivity contribution in [2.75, 3.05) is 13.1 Å². The molecule has 0 radical (unpaired) electrons. The molecule has 4 atom stereocenters. The molecule has 5 heterocycles. The van der Waals surface area contributed by atoms with Crippen molar-refractivity contribution in [3.63, 3.8) is 0 Å². The maximum atomic E-state index is 12.4. The predicted molar refractivity (Wildman–Crippen MR) is 113 cm³/mol. The monoisotopic (exact) mass is 420 g/mol. The molecule has 0 aliphatic carbocycles. The first-order valence-electron chi connectivity index (χ1n) is 10.3. The fourth-order valence-corrected chi connectivity index (χ4v) is 6.50. The molecule has 0 amide bonds. The number of likely N-dealkylation sites (tertiary alicyclic amines) is 1. The Bertz CT molecular complexity index is 1280. The lowest BCUT2D eigenvalue weighted by Gasteiger charge is -2.43. The zero-order valence-corrected chi connectivity index (χ0v) is 17.1. The third-order valence-corrected chi connectivity index (χ3v) is 7.66. The second-order valence-electron chi connectivity index (χ2n) is 8.35. The summed E-state index contributed by atoms with van der Waals surface area (Å²) in [6.45, 7) is 2.66. The number of piperidine rings is 1. The SMILES string of the molecule is O=c1cccc2n1C[C@H]1C[C@@H]2C[NH+]([C@@H](c2ccccc2)c2sc3ncnn3c2O)C1. The van der Waals surface area contributed by atoms with Crippen LogP contribution in [0.3, 0.4) is 0 Å². The molecule has 7 nitrogen and oxygen atoms in total. The molecule has 1 fully saturated rings. The van der Waals surface area contributed by atoms with Gasteiger partial charge in [-0.2, -0.15) is 9.61 Å². The molecule has 152 valence electrons. The number of benzene rings is 1. The Labute approximate surface area is 176 Å². The average molecular weight is 421 g/mol. The molecule has 2 bridgehead atoms. The quantitative estimate of drug-likeness (QED) is 0.526. The number of nitrogens with one attached hydrogen (secondary N) is 1. The van der Waals surface area contributed by atoms with Gasteiger partial charge in [0.1, 0.15) is 11.2 Å². The van der Waals surface area contributed by atoms with Gasteiger partial charge in [0.15, 0.2) is 6.04 Å². The Morgan fingerprint density at radius 1 is 1.13 bits per heavy atom. The molecule has 3 aromatic heterocycles. The third kappa shape index (κ3) is 2.71. The molecular formula is C22H22N5O2S+. The van der Waals surface area contributed by atoms with Crippen molar-refractivity contribution in [1.82, 2.24) is 19.2 Å². The van der Waals surface area contributed by atoms with Crippen LogP contribution in [0.25, 0.3) is 4.96 Å². The molecular weight excluding hydrogens is 398 g/mol. The van der Waals surface area contributed by atoms with Gasteiger partial charge in [-0.25, -0.2) is 4.98 Å². The Morgan fingerprint density at radius 3 is 2.83 bits per heavy atom. The second-order valence-corrected chi connectivity index (χ2v) is 9.36. The van der Waals surface area contributed by atoms with Gasteiger partial charge in [0.2, 0.25) is 10.8 Å². The van der Waals surface area contributed by atoms with Crippen LogP contribution in [-0.4, -0.2) is 37.4 Å². The summed E-state index contributed by atoms with van der Waals surface area (Å²) >= 11 is 1.51. The highest BCUT2D eigenvalue weighted by atomic mass is 32.1. The Kier molecular flexibility index (Phi) is 4.04. The molecule has 1 unspecified atom stereocenters. The molecule has 6 rings (SSSR count). The largest absolute Gasteiger partial charge is 0.492 e. The molecule has 0 spiro atoms. The van der Waals surface area contributed by atoms with Crippen molar-refractivity contribution >= 4 is 16.3 Å². The number of fused-ring (bicyclic) bond motifs is 5. The highest BCUT2D eigenvalue weighted by Crippen LogP contribution is 2.37. The standard InChI is InChI=1S/C22H21N5O2S/c28-18-8-4-7-17-16-9-14(11-26(17)18)10-25(12-16)19(15-5-2-1-3-6-15)20-21(29)27-22(30-20)23-13-24-27/h1-8,13-14,16,19,29H,9-12H2/p+1/t14-,16+,19-/m0/s1. The van der Waals surface area contributed by atoms with Gasteiger partial charge >= 0.3 is 0 Å². The predicted octanol–water partition coefficient (Wildman–Crippen LogP) is 1.45. The number of aromatic hydroxyl groups is 1. The number of quaternary nitrogens is 1. The number of thiazole rings is 1. The van der Waals surface area contributed by atoms with E-state index in [1.54, 1.807) is 6.07 Å². The lowest BCUT2D eigenvalue weighted by Crippen LogP contribution is -3.14. The highest BCUT2D eigenvalue weighted by molar-refractivity contribution is 7.17. The summed E-state index contributed by atoms with van der Waals surface area (Å²) in [5, 5.41) is 15.1. The van der Waals surface area contributed by atoms with Gasteiger partial charge in [0.05, 0.1) is 13.1 Å². The van der Waals surface area contributed by atoms with E-state index in [0.29, 0.717) is 16.8 Å². The number of aromatic nitrogens is 4. The topological polar surface area (TPSA) is 76.9 Å². The summed E-state index contributed by atoms with van der Waals surface area (Å²) in [7, 11) is 0. The van der Waals surface area contributed by atoms with Gasteiger partial charge in [-0.05, 0) is 12.5 Å². The van der Waals surface area contributed by atoms with E-state index in [4.69, 9.17) is 0 Å². The average Bonchev–Trinajstić information content (AvgIpc) is 3.33. The molecule has 4 aromatic rings. The van der Waals surface area contributed by atoms with Crippen LogP contribution in [-0.2, 0) is 6.54 Å². The van der Waals surface area contributed by atoms with Crippen LogP contribution in [0.1, 0.15) is 34.5 Å². The zero-order chi connectivity index (χ0) is 20.2. The lowest BCUT2D eigenvalue weighted by atomic mass is 9.82. The van der Waals surface area contributed by atoms with Gasteiger partial charge in [-0.3, -0.25) is 4.79 Å². The summed E-state index contributed by atoms with van der Waals surface area (Å²) in [5.74, 6) is 0.972. The summed E-state index contributed by atoms with van der Waals surface area (Å²) in [4.78, 5) is 19.7. The molecule has 2 aliphatic heterocycles. The highest BCUT2D eigenvalue weighted by Gasteiger charge is 2.42. The van der Waals surface area contributed by atoms with E-state index in [-0.39, 0.29) is 17.5 Å². The van der Waals surface area contributed by atoms with Crippen molar-refractivity contribution < 1.29 is 10.0 Å². The molecule has 2 aliphatic rings. The summed E-state index contributed by atoms with van der Waals surface area (Å²) in [6, 6.07) is 16.0. The normalized spacial score (nSPS) is 23.9. The van der Waals surface area contributed by atoms with Crippen LogP contribution in [0.5, 0.6) is 5.88 Å². The van der Waals surface area contributed by atoms with Gasteiger partial charge < -0.3 is 14.6 Å². The van der Waals surface area contributed by atoms with Crippen LogP contribution in [0.15, 0.2) is 59.7 Å². The van der Waals surface area contributed by atoms with Crippen molar-refractivity contribution in [2.24, 2.45) is 5.92 Å². The molecule has 1 aromatic carbocycles. The van der Waals surface area contributed by atoms with Crippen LogP contribution >= 0.6 is 11.3 Å². The second kappa shape index (κ2) is 6.78. The van der Waals surface area contributed by atoms with Crippen LogP contribution in [0.2, 0.25) is 0 Å². The van der Waals surface area contributed by atoms with E-state index < -0.39 is 0 Å². The molecule has 0 saturated carbocycles. The number of hydrogen-bond donors (Lipinski definition) is 2. The zero-order valence-electron chi connectivity index (χ0n) is 16.3. The van der Waals surface area contributed by atoms with Gasteiger partial charge in [0, 0.05) is 35.7 Å². The van der Waals surface area contributed by atoms with Crippen LogP contribution < -0.4 is 10.5 Å². The number of rotatable bonds is 3. The lowest BCUT2D eigenvalue weighted by molar-refractivity contribution is -0.935. The van der Waals surface area contributed by atoms with E-state index >= 15 is 0 Å². The van der Waals surface area contributed by atoms with E-state index in [1.165, 1.54) is 32.6 Å². The Balaban J connectivity index is 1.45. The first-order valence-corrected chi connectivity index (χ1v) is 11.1. The number of nitrogens with zero attached hydrogens (tertiary/aromatic N) is 4. The summed E-state index contributed by atoms with van der Waals surface area (Å²) in [6.07, 6.45) is 2.59. The maximum Gasteiger partial charge on any atom is 0.250 e. The van der Waals surface area contributed by atoms with E-state index in [0.717, 1.165) is 36.6 Å². The number of pyridine rings is 1. The Morgan fingerprint density at radius 2 is 2.00 bits per heavy atom. The van der Waals surface area contributed by atoms with Crippen molar-refractivity contribution in [1.29, 1.82) is 0 Å². The third-order valence-electron chi connectivity index (χ3n) is 6.56. The van der Waals surface area contributed by atoms with Crippen molar-refractivity contribution in [2.45, 2.75) is 24.9 Å². The summed E-state index contributed by atoms with van der Waals surface area (Å²) < 4.78 is 3.49. The Hall–Kier alpha value is -2.97. The molecule has 8 heteroatoms.